The number of nitrogens with zero attached hydrogens (tertiary/aromatic N) is 1. The highest BCUT2D eigenvalue weighted by Crippen LogP contribution is 2.25. The van der Waals surface area contributed by atoms with Crippen molar-refractivity contribution in [3.8, 4) is 0 Å². The second-order valence-corrected chi connectivity index (χ2v) is 4.42. The van der Waals surface area contributed by atoms with Crippen molar-refractivity contribution in [1.29, 1.82) is 0 Å². The van der Waals surface area contributed by atoms with Gasteiger partial charge < -0.3 is 10.6 Å². The summed E-state index contributed by atoms with van der Waals surface area (Å²) in [6.07, 6.45) is 0.465. The number of rotatable bonds is 4. The molecule has 0 bridgehead atoms. The van der Waals surface area contributed by atoms with E-state index in [4.69, 9.17) is 0 Å². The molecule has 0 spiro atoms. The highest BCUT2D eigenvalue weighted by molar-refractivity contribution is 7.22. The average molecular weight is 272 g/mol. The number of hydrogen-bond acceptors (Lipinski definition) is 4. The van der Waals surface area contributed by atoms with Gasteiger partial charge in [-0.15, -0.1) is 12.4 Å². The SMILES string of the molecule is CNCCC(=O)Nc1nc2ccccc2s1.Cl. The van der Waals surface area contributed by atoms with Crippen LogP contribution in [0.1, 0.15) is 6.42 Å². The standard InChI is InChI=1S/C11H13N3OS.ClH/c1-12-7-6-10(15)14-11-13-8-4-2-3-5-9(8)16-11;/h2-5,12H,6-7H2,1H3,(H,13,14,15);1H. The zero-order valence-corrected chi connectivity index (χ0v) is 11.0. The fraction of sp³-hybridized carbons (Fsp3) is 0.273. The molecule has 0 fully saturated rings. The van der Waals surface area contributed by atoms with Crippen molar-refractivity contribution in [2.24, 2.45) is 0 Å². The predicted octanol–water partition coefficient (Wildman–Crippen LogP) is 2.27. The summed E-state index contributed by atoms with van der Waals surface area (Å²) >= 11 is 1.50. The number of carbonyl (C=O) groups excluding carboxylic acids is 1. The van der Waals surface area contributed by atoms with Gasteiger partial charge in [-0.05, 0) is 19.2 Å². The van der Waals surface area contributed by atoms with Crippen LogP contribution in [0.15, 0.2) is 24.3 Å². The molecule has 0 radical (unpaired) electrons. The van der Waals surface area contributed by atoms with E-state index in [9.17, 15) is 4.79 Å². The number of carbonyl (C=O) groups is 1. The summed E-state index contributed by atoms with van der Waals surface area (Å²) in [4.78, 5) is 15.8. The van der Waals surface area contributed by atoms with Gasteiger partial charge in [0, 0.05) is 13.0 Å². The van der Waals surface area contributed by atoms with Gasteiger partial charge in [0.05, 0.1) is 10.2 Å². The average Bonchev–Trinajstić information content (AvgIpc) is 2.68. The first kappa shape index (κ1) is 13.9. The van der Waals surface area contributed by atoms with Gasteiger partial charge in [0.15, 0.2) is 5.13 Å². The Balaban J connectivity index is 0.00000144. The lowest BCUT2D eigenvalue weighted by Gasteiger charge is -1.99. The van der Waals surface area contributed by atoms with Crippen LogP contribution in [-0.4, -0.2) is 24.5 Å². The van der Waals surface area contributed by atoms with Gasteiger partial charge in [-0.2, -0.15) is 0 Å². The van der Waals surface area contributed by atoms with E-state index in [0.717, 1.165) is 10.2 Å². The summed E-state index contributed by atoms with van der Waals surface area (Å²) in [5.74, 6) is -0.00611. The molecule has 6 heteroatoms. The number of anilines is 1. The number of thiazole rings is 1. The molecule has 0 unspecified atom stereocenters. The third-order valence-electron chi connectivity index (χ3n) is 2.14. The molecule has 4 nitrogen and oxygen atoms in total. The van der Waals surface area contributed by atoms with Crippen LogP contribution < -0.4 is 10.6 Å². The Morgan fingerprint density at radius 3 is 2.88 bits per heavy atom. The first-order valence-electron chi connectivity index (χ1n) is 5.09. The molecule has 0 aliphatic rings. The maximum atomic E-state index is 11.5. The van der Waals surface area contributed by atoms with Gasteiger partial charge in [-0.25, -0.2) is 4.98 Å². The van der Waals surface area contributed by atoms with Crippen molar-refractivity contribution in [1.82, 2.24) is 10.3 Å². The third-order valence-corrected chi connectivity index (χ3v) is 3.09. The summed E-state index contributed by atoms with van der Waals surface area (Å²) in [6.45, 7) is 0.677. The van der Waals surface area contributed by atoms with E-state index in [1.807, 2.05) is 31.3 Å². The Labute approximate surface area is 110 Å². The molecule has 2 aromatic rings. The Bertz CT molecular complexity index is 467. The molecule has 1 heterocycles. The van der Waals surface area contributed by atoms with Crippen LogP contribution in [0.5, 0.6) is 0 Å². The number of nitrogens with one attached hydrogen (secondary N) is 2. The fourth-order valence-electron chi connectivity index (χ4n) is 1.35. The summed E-state index contributed by atoms with van der Waals surface area (Å²) in [5.41, 5.74) is 0.927. The number of amides is 1. The molecule has 2 N–H and O–H groups in total. The molecule has 0 saturated heterocycles. The maximum absolute atomic E-state index is 11.5. The van der Waals surface area contributed by atoms with Crippen LogP contribution in [-0.2, 0) is 4.79 Å². The number of fused-ring (bicyclic) bond motifs is 1. The van der Waals surface area contributed by atoms with Crippen molar-refractivity contribution in [3.63, 3.8) is 0 Å². The highest BCUT2D eigenvalue weighted by Gasteiger charge is 2.06. The summed E-state index contributed by atoms with van der Waals surface area (Å²) in [6, 6.07) is 7.84. The minimum atomic E-state index is -0.00611. The summed E-state index contributed by atoms with van der Waals surface area (Å²) < 4.78 is 1.09. The summed E-state index contributed by atoms with van der Waals surface area (Å²) in [7, 11) is 1.82. The molecule has 2 rings (SSSR count). The fourth-order valence-corrected chi connectivity index (χ4v) is 2.23. The number of halogens is 1. The highest BCUT2D eigenvalue weighted by atomic mass is 35.5. The first-order chi connectivity index (χ1) is 7.79. The van der Waals surface area contributed by atoms with Gasteiger partial charge in [-0.3, -0.25) is 4.79 Å². The lowest BCUT2D eigenvalue weighted by molar-refractivity contribution is -0.116. The lowest BCUT2D eigenvalue weighted by Crippen LogP contribution is -2.18. The van der Waals surface area contributed by atoms with Crippen LogP contribution in [0.3, 0.4) is 0 Å². The Morgan fingerprint density at radius 2 is 2.18 bits per heavy atom. The van der Waals surface area contributed by atoms with E-state index in [1.165, 1.54) is 11.3 Å². The minimum Gasteiger partial charge on any atom is -0.319 e. The summed E-state index contributed by atoms with van der Waals surface area (Å²) in [5, 5.41) is 6.40. The molecular weight excluding hydrogens is 258 g/mol. The zero-order chi connectivity index (χ0) is 11.4. The van der Waals surface area contributed by atoms with Gasteiger partial charge >= 0.3 is 0 Å². The molecule has 1 aromatic carbocycles. The largest absolute Gasteiger partial charge is 0.319 e. The van der Waals surface area contributed by atoms with Crippen molar-refractivity contribution in [2.45, 2.75) is 6.42 Å². The van der Waals surface area contributed by atoms with Crippen LogP contribution in [0.4, 0.5) is 5.13 Å². The monoisotopic (exact) mass is 271 g/mol. The molecule has 92 valence electrons. The second kappa shape index (κ2) is 6.54. The quantitative estimate of drug-likeness (QED) is 0.897. The van der Waals surface area contributed by atoms with Gasteiger partial charge in [0.1, 0.15) is 0 Å². The Morgan fingerprint density at radius 1 is 1.41 bits per heavy atom. The third kappa shape index (κ3) is 3.66. The van der Waals surface area contributed by atoms with E-state index >= 15 is 0 Å². The molecular formula is C11H14ClN3OS. The molecule has 0 atom stereocenters. The van der Waals surface area contributed by atoms with Crippen LogP contribution in [0.25, 0.3) is 10.2 Å². The van der Waals surface area contributed by atoms with E-state index in [-0.39, 0.29) is 18.3 Å². The number of aromatic nitrogens is 1. The van der Waals surface area contributed by atoms with Crippen LogP contribution in [0.2, 0.25) is 0 Å². The minimum absolute atomic E-state index is 0. The molecule has 0 aliphatic heterocycles. The van der Waals surface area contributed by atoms with E-state index in [0.29, 0.717) is 18.1 Å². The van der Waals surface area contributed by atoms with E-state index in [2.05, 4.69) is 15.6 Å². The number of benzene rings is 1. The number of para-hydroxylation sites is 1. The van der Waals surface area contributed by atoms with Crippen LogP contribution >= 0.6 is 23.7 Å². The second-order valence-electron chi connectivity index (χ2n) is 3.39. The van der Waals surface area contributed by atoms with Crippen molar-refractivity contribution < 1.29 is 4.79 Å². The molecule has 17 heavy (non-hydrogen) atoms. The molecule has 0 aliphatic carbocycles. The van der Waals surface area contributed by atoms with Gasteiger partial charge in [-0.1, -0.05) is 23.5 Å². The Kier molecular flexibility index (Phi) is 5.34. The van der Waals surface area contributed by atoms with Gasteiger partial charge in [0.25, 0.3) is 0 Å². The first-order valence-corrected chi connectivity index (χ1v) is 5.91. The number of hydrogen-bond donors (Lipinski definition) is 2. The van der Waals surface area contributed by atoms with Crippen molar-refractivity contribution >= 4 is 45.0 Å². The molecule has 0 saturated carbocycles. The molecule has 1 amide bonds. The zero-order valence-electron chi connectivity index (χ0n) is 9.40. The Hall–Kier alpha value is -1.17. The van der Waals surface area contributed by atoms with Crippen LogP contribution in [0, 0.1) is 0 Å². The lowest BCUT2D eigenvalue weighted by atomic mass is 10.3. The normalized spacial score (nSPS) is 9.94. The molecule has 1 aromatic heterocycles. The topological polar surface area (TPSA) is 54.0 Å². The smallest absolute Gasteiger partial charge is 0.227 e. The van der Waals surface area contributed by atoms with E-state index in [1.54, 1.807) is 0 Å². The van der Waals surface area contributed by atoms with Crippen molar-refractivity contribution in [2.75, 3.05) is 18.9 Å². The van der Waals surface area contributed by atoms with Gasteiger partial charge in [0.2, 0.25) is 5.91 Å². The van der Waals surface area contributed by atoms with Crippen molar-refractivity contribution in [3.05, 3.63) is 24.3 Å². The van der Waals surface area contributed by atoms with E-state index < -0.39 is 0 Å². The maximum Gasteiger partial charge on any atom is 0.227 e. The predicted molar refractivity (Wildman–Crippen MR) is 74.0 cm³/mol.